The number of anilines is 1. The second-order valence-electron chi connectivity index (χ2n) is 4.94. The fourth-order valence-corrected chi connectivity index (χ4v) is 2.45. The van der Waals surface area contributed by atoms with Crippen molar-refractivity contribution in [3.05, 3.63) is 25.3 Å². The summed E-state index contributed by atoms with van der Waals surface area (Å²) in [5, 5.41) is 32.1. The third kappa shape index (κ3) is 2.33. The molecular formula is C13H17N5O4. The number of rotatable bonds is 5. The molecule has 3 rings (SSSR count). The zero-order valence-electron chi connectivity index (χ0n) is 11.7. The van der Waals surface area contributed by atoms with Crippen LogP contribution >= 0.6 is 0 Å². The van der Waals surface area contributed by atoms with Gasteiger partial charge in [-0.25, -0.2) is 15.0 Å². The van der Waals surface area contributed by atoms with Gasteiger partial charge in [0.1, 0.15) is 24.6 Å². The number of aromatic nitrogens is 4. The van der Waals surface area contributed by atoms with Crippen molar-refractivity contribution in [3.8, 4) is 0 Å². The predicted octanol–water partition coefficient (Wildman–Crippen LogP) is -0.964. The molecule has 0 saturated carbocycles. The van der Waals surface area contributed by atoms with Gasteiger partial charge in [-0.05, 0) is 0 Å². The zero-order valence-corrected chi connectivity index (χ0v) is 11.7. The van der Waals surface area contributed by atoms with Crippen LogP contribution in [-0.2, 0) is 4.74 Å². The lowest BCUT2D eigenvalue weighted by Gasteiger charge is -2.16. The Kier molecular flexibility index (Phi) is 4.03. The van der Waals surface area contributed by atoms with Crippen LogP contribution in [0.1, 0.15) is 6.23 Å². The van der Waals surface area contributed by atoms with E-state index in [0.717, 1.165) is 0 Å². The van der Waals surface area contributed by atoms with E-state index in [2.05, 4.69) is 26.8 Å². The molecule has 118 valence electrons. The summed E-state index contributed by atoms with van der Waals surface area (Å²) in [7, 11) is 0. The molecule has 0 aliphatic carbocycles. The minimum Gasteiger partial charge on any atom is -0.394 e. The number of fused-ring (bicyclic) bond motifs is 1. The summed E-state index contributed by atoms with van der Waals surface area (Å²) in [6.07, 6.45) is 0.432. The maximum atomic E-state index is 10.1. The summed E-state index contributed by atoms with van der Waals surface area (Å²) in [5.41, 5.74) is 0.971. The molecule has 4 N–H and O–H groups in total. The monoisotopic (exact) mass is 307 g/mol. The zero-order chi connectivity index (χ0) is 15.7. The normalized spacial score (nSPS) is 28.1. The van der Waals surface area contributed by atoms with Gasteiger partial charge in [0.2, 0.25) is 0 Å². The van der Waals surface area contributed by atoms with Gasteiger partial charge in [0, 0.05) is 6.54 Å². The van der Waals surface area contributed by atoms with Crippen LogP contribution in [0.15, 0.2) is 25.3 Å². The number of nitrogens with one attached hydrogen (secondary N) is 1. The van der Waals surface area contributed by atoms with Crippen molar-refractivity contribution in [2.45, 2.75) is 24.5 Å². The number of aliphatic hydroxyl groups is 3. The minimum atomic E-state index is -1.19. The van der Waals surface area contributed by atoms with Crippen molar-refractivity contribution in [1.29, 1.82) is 0 Å². The highest BCUT2D eigenvalue weighted by Gasteiger charge is 2.43. The summed E-state index contributed by atoms with van der Waals surface area (Å²) < 4.78 is 7.00. The number of hydrogen-bond donors (Lipinski definition) is 4. The fraction of sp³-hybridized carbons (Fsp3) is 0.462. The molecule has 2 aromatic heterocycles. The quantitative estimate of drug-likeness (QED) is 0.520. The van der Waals surface area contributed by atoms with Gasteiger partial charge < -0.3 is 25.4 Å². The van der Waals surface area contributed by atoms with E-state index in [0.29, 0.717) is 23.5 Å². The predicted molar refractivity (Wildman–Crippen MR) is 77.0 cm³/mol. The summed E-state index contributed by atoms with van der Waals surface area (Å²) in [4.78, 5) is 12.5. The van der Waals surface area contributed by atoms with Crippen LogP contribution in [0.4, 0.5) is 5.82 Å². The minimum absolute atomic E-state index is 0.386. The summed E-state index contributed by atoms with van der Waals surface area (Å²) in [5.74, 6) is 0.537. The molecule has 9 heteroatoms. The van der Waals surface area contributed by atoms with Crippen LogP contribution < -0.4 is 5.32 Å². The molecule has 1 aliphatic rings. The molecule has 4 atom stereocenters. The second-order valence-corrected chi connectivity index (χ2v) is 4.94. The number of ether oxygens (including phenoxy) is 1. The molecular weight excluding hydrogens is 290 g/mol. The van der Waals surface area contributed by atoms with Crippen molar-refractivity contribution in [1.82, 2.24) is 19.5 Å². The molecule has 0 spiro atoms. The Labute approximate surface area is 125 Å². The van der Waals surface area contributed by atoms with Crippen LogP contribution in [0.5, 0.6) is 0 Å². The summed E-state index contributed by atoms with van der Waals surface area (Å²) >= 11 is 0. The van der Waals surface area contributed by atoms with E-state index < -0.39 is 24.5 Å². The first-order valence-electron chi connectivity index (χ1n) is 6.82. The van der Waals surface area contributed by atoms with Crippen molar-refractivity contribution < 1.29 is 20.1 Å². The van der Waals surface area contributed by atoms with Crippen LogP contribution in [0, 0.1) is 0 Å². The molecule has 9 nitrogen and oxygen atoms in total. The number of aliphatic hydroxyl groups excluding tert-OH is 3. The SMILES string of the molecule is C=CCNc1ncnc2c1ncn2[C@@H]1O[C@H](CO)[C@@H](O)[C@H]1O. The molecule has 1 fully saturated rings. The Morgan fingerprint density at radius 1 is 1.32 bits per heavy atom. The lowest BCUT2D eigenvalue weighted by molar-refractivity contribution is -0.0511. The van der Waals surface area contributed by atoms with Crippen LogP contribution in [0.3, 0.4) is 0 Å². The average molecular weight is 307 g/mol. The molecule has 0 unspecified atom stereocenters. The Hall–Kier alpha value is -2.07. The third-order valence-corrected chi connectivity index (χ3v) is 3.56. The van der Waals surface area contributed by atoms with E-state index in [-0.39, 0.29) is 6.61 Å². The maximum absolute atomic E-state index is 10.1. The van der Waals surface area contributed by atoms with Gasteiger partial charge in [-0.2, -0.15) is 0 Å². The second kappa shape index (κ2) is 5.97. The topological polar surface area (TPSA) is 126 Å². The first-order chi connectivity index (χ1) is 10.7. The Balaban J connectivity index is 1.97. The molecule has 0 bridgehead atoms. The van der Waals surface area contributed by atoms with E-state index in [4.69, 9.17) is 9.84 Å². The highest BCUT2D eigenvalue weighted by molar-refractivity contribution is 5.82. The lowest BCUT2D eigenvalue weighted by Crippen LogP contribution is -2.33. The van der Waals surface area contributed by atoms with Gasteiger partial charge in [-0.1, -0.05) is 6.08 Å². The van der Waals surface area contributed by atoms with Crippen molar-refractivity contribution in [2.75, 3.05) is 18.5 Å². The van der Waals surface area contributed by atoms with Gasteiger partial charge in [-0.15, -0.1) is 6.58 Å². The van der Waals surface area contributed by atoms with Crippen molar-refractivity contribution in [2.24, 2.45) is 0 Å². The van der Waals surface area contributed by atoms with Gasteiger partial charge in [0.25, 0.3) is 0 Å². The van der Waals surface area contributed by atoms with Crippen LogP contribution in [0.2, 0.25) is 0 Å². The van der Waals surface area contributed by atoms with Gasteiger partial charge in [0.15, 0.2) is 23.2 Å². The molecule has 2 aromatic rings. The van der Waals surface area contributed by atoms with Crippen LogP contribution in [0.25, 0.3) is 11.2 Å². The Morgan fingerprint density at radius 3 is 2.82 bits per heavy atom. The first-order valence-corrected chi connectivity index (χ1v) is 6.82. The standard InChI is InChI=1S/C13H17N5O4/c1-2-3-14-11-8-12(16-5-15-11)18(6-17-8)13-10(21)9(20)7(4-19)22-13/h2,5-7,9-10,13,19-21H,1,3-4H2,(H,14,15,16)/t7-,9-,10-,13-/m1/s1. The first kappa shape index (κ1) is 14.9. The third-order valence-electron chi connectivity index (χ3n) is 3.56. The van der Waals surface area contributed by atoms with Gasteiger partial charge in [-0.3, -0.25) is 4.57 Å². The van der Waals surface area contributed by atoms with Crippen molar-refractivity contribution in [3.63, 3.8) is 0 Å². The van der Waals surface area contributed by atoms with Crippen molar-refractivity contribution >= 4 is 17.0 Å². The van der Waals surface area contributed by atoms with E-state index in [1.165, 1.54) is 17.2 Å². The van der Waals surface area contributed by atoms with E-state index >= 15 is 0 Å². The van der Waals surface area contributed by atoms with E-state index in [9.17, 15) is 10.2 Å². The highest BCUT2D eigenvalue weighted by atomic mass is 16.6. The molecule has 0 amide bonds. The highest BCUT2D eigenvalue weighted by Crippen LogP contribution is 2.31. The van der Waals surface area contributed by atoms with Crippen LogP contribution in [-0.4, -0.2) is 66.3 Å². The molecule has 22 heavy (non-hydrogen) atoms. The van der Waals surface area contributed by atoms with E-state index in [1.807, 2.05) is 0 Å². The molecule has 0 radical (unpaired) electrons. The lowest BCUT2D eigenvalue weighted by atomic mass is 10.1. The molecule has 0 aromatic carbocycles. The molecule has 3 heterocycles. The number of imidazole rings is 1. The van der Waals surface area contributed by atoms with Gasteiger partial charge in [0.05, 0.1) is 12.9 Å². The maximum Gasteiger partial charge on any atom is 0.167 e. The summed E-state index contributed by atoms with van der Waals surface area (Å²) in [6.45, 7) is 3.76. The van der Waals surface area contributed by atoms with E-state index in [1.54, 1.807) is 6.08 Å². The largest absolute Gasteiger partial charge is 0.394 e. The molecule has 1 saturated heterocycles. The number of hydrogen-bond acceptors (Lipinski definition) is 8. The van der Waals surface area contributed by atoms with Gasteiger partial charge >= 0.3 is 0 Å². The average Bonchev–Trinajstić information content (AvgIpc) is 3.08. The number of nitrogens with zero attached hydrogens (tertiary/aromatic N) is 4. The molecule has 1 aliphatic heterocycles. The Bertz CT molecular complexity index is 675. The Morgan fingerprint density at radius 2 is 2.14 bits per heavy atom. The fourth-order valence-electron chi connectivity index (χ4n) is 2.45. The summed E-state index contributed by atoms with van der Waals surface area (Å²) in [6, 6.07) is 0. The smallest absolute Gasteiger partial charge is 0.167 e.